The van der Waals surface area contributed by atoms with Gasteiger partial charge in [0.25, 0.3) is 0 Å². The summed E-state index contributed by atoms with van der Waals surface area (Å²) in [6, 6.07) is 4.00. The summed E-state index contributed by atoms with van der Waals surface area (Å²) < 4.78 is 31.8. The first kappa shape index (κ1) is 15.0. The fraction of sp³-hybridized carbons (Fsp3) is 0.538. The molecule has 102 valence electrons. The van der Waals surface area contributed by atoms with Crippen LogP contribution in [0.1, 0.15) is 11.6 Å². The number of hydrogen-bond acceptors (Lipinski definition) is 3. The van der Waals surface area contributed by atoms with Crippen LogP contribution in [-0.2, 0) is 4.74 Å². The van der Waals surface area contributed by atoms with Crippen molar-refractivity contribution in [1.29, 1.82) is 0 Å². The molecular formula is C13H20F2N2O. The third-order valence-corrected chi connectivity index (χ3v) is 2.88. The summed E-state index contributed by atoms with van der Waals surface area (Å²) >= 11 is 0. The van der Waals surface area contributed by atoms with Gasteiger partial charge in [-0.2, -0.15) is 0 Å². The van der Waals surface area contributed by atoms with Gasteiger partial charge in [-0.05, 0) is 20.2 Å². The van der Waals surface area contributed by atoms with Crippen LogP contribution in [0.2, 0.25) is 0 Å². The quantitative estimate of drug-likeness (QED) is 0.807. The zero-order valence-electron chi connectivity index (χ0n) is 11.0. The van der Waals surface area contributed by atoms with Crippen LogP contribution in [0.3, 0.4) is 0 Å². The predicted molar refractivity (Wildman–Crippen MR) is 67.5 cm³/mol. The molecule has 0 fully saturated rings. The molecule has 0 aromatic heterocycles. The minimum Gasteiger partial charge on any atom is -0.383 e. The number of hydrogen-bond donors (Lipinski definition) is 1. The first-order chi connectivity index (χ1) is 8.60. The Morgan fingerprint density at radius 1 is 1.39 bits per heavy atom. The Labute approximate surface area is 107 Å². The minimum absolute atomic E-state index is 0.248. The Bertz CT molecular complexity index is 374. The van der Waals surface area contributed by atoms with E-state index in [0.717, 1.165) is 12.6 Å². The first-order valence-corrected chi connectivity index (χ1v) is 5.88. The lowest BCUT2D eigenvalue weighted by Crippen LogP contribution is -2.33. The van der Waals surface area contributed by atoms with Crippen molar-refractivity contribution in [2.75, 3.05) is 40.9 Å². The molecule has 1 aromatic rings. The number of halogens is 2. The van der Waals surface area contributed by atoms with E-state index in [1.165, 1.54) is 6.07 Å². The van der Waals surface area contributed by atoms with Gasteiger partial charge in [-0.15, -0.1) is 0 Å². The first-order valence-electron chi connectivity index (χ1n) is 5.88. The molecule has 0 saturated carbocycles. The fourth-order valence-corrected chi connectivity index (χ4v) is 1.78. The van der Waals surface area contributed by atoms with Gasteiger partial charge in [-0.1, -0.05) is 12.1 Å². The molecule has 0 heterocycles. The van der Waals surface area contributed by atoms with Crippen molar-refractivity contribution in [1.82, 2.24) is 10.2 Å². The highest BCUT2D eigenvalue weighted by Crippen LogP contribution is 2.19. The summed E-state index contributed by atoms with van der Waals surface area (Å²) in [7, 11) is 5.29. The van der Waals surface area contributed by atoms with Crippen molar-refractivity contribution in [2.45, 2.75) is 6.04 Å². The Hall–Kier alpha value is -1.04. The van der Waals surface area contributed by atoms with E-state index in [2.05, 4.69) is 5.32 Å². The summed E-state index contributed by atoms with van der Waals surface area (Å²) in [4.78, 5) is 2.01. The molecule has 1 N–H and O–H groups in total. The Morgan fingerprint density at radius 3 is 2.72 bits per heavy atom. The van der Waals surface area contributed by atoms with E-state index in [4.69, 9.17) is 4.74 Å². The molecule has 3 nitrogen and oxygen atoms in total. The molecule has 0 aliphatic rings. The summed E-state index contributed by atoms with van der Waals surface area (Å²) in [5.74, 6) is -1.59. The monoisotopic (exact) mass is 258 g/mol. The second kappa shape index (κ2) is 7.41. The second-order valence-corrected chi connectivity index (χ2v) is 4.24. The van der Waals surface area contributed by atoms with E-state index < -0.39 is 11.6 Å². The second-order valence-electron chi connectivity index (χ2n) is 4.24. The van der Waals surface area contributed by atoms with Gasteiger partial charge in [-0.3, -0.25) is 0 Å². The number of nitrogens with zero attached hydrogens (tertiary/aromatic N) is 1. The highest BCUT2D eigenvalue weighted by molar-refractivity contribution is 5.22. The van der Waals surface area contributed by atoms with Crippen molar-refractivity contribution >= 4 is 0 Å². The topological polar surface area (TPSA) is 24.5 Å². The fourth-order valence-electron chi connectivity index (χ4n) is 1.78. The minimum atomic E-state index is -0.813. The van der Waals surface area contributed by atoms with E-state index in [1.807, 2.05) is 11.9 Å². The maximum absolute atomic E-state index is 13.7. The van der Waals surface area contributed by atoms with Gasteiger partial charge in [0, 0.05) is 31.8 Å². The normalized spacial score (nSPS) is 13.0. The van der Waals surface area contributed by atoms with E-state index in [1.54, 1.807) is 20.2 Å². The Kier molecular flexibility index (Phi) is 6.18. The van der Waals surface area contributed by atoms with Gasteiger partial charge in [0.05, 0.1) is 6.61 Å². The van der Waals surface area contributed by atoms with Crippen LogP contribution in [0.5, 0.6) is 0 Å². The number of benzene rings is 1. The Morgan fingerprint density at radius 2 is 2.11 bits per heavy atom. The van der Waals surface area contributed by atoms with Crippen molar-refractivity contribution in [2.24, 2.45) is 0 Å². The molecule has 0 saturated heterocycles. The number of likely N-dealkylation sites (N-methyl/N-ethyl adjacent to an activating group) is 2. The van der Waals surface area contributed by atoms with E-state index in [9.17, 15) is 8.78 Å². The molecule has 1 unspecified atom stereocenters. The summed E-state index contributed by atoms with van der Waals surface area (Å²) in [5.41, 5.74) is 0.349. The zero-order chi connectivity index (χ0) is 13.5. The summed E-state index contributed by atoms with van der Waals surface area (Å²) in [6.45, 7) is 1.93. The van der Waals surface area contributed by atoms with E-state index in [-0.39, 0.29) is 6.04 Å². The van der Waals surface area contributed by atoms with Gasteiger partial charge in [0.15, 0.2) is 11.6 Å². The molecule has 0 bridgehead atoms. The van der Waals surface area contributed by atoms with Gasteiger partial charge >= 0.3 is 0 Å². The van der Waals surface area contributed by atoms with Crippen molar-refractivity contribution in [3.8, 4) is 0 Å². The lowest BCUT2D eigenvalue weighted by atomic mass is 10.1. The van der Waals surface area contributed by atoms with Crippen molar-refractivity contribution in [3.63, 3.8) is 0 Å². The van der Waals surface area contributed by atoms with Crippen LogP contribution in [0.25, 0.3) is 0 Å². The van der Waals surface area contributed by atoms with Gasteiger partial charge in [0.2, 0.25) is 0 Å². The zero-order valence-corrected chi connectivity index (χ0v) is 11.0. The molecule has 0 radical (unpaired) electrons. The molecule has 1 atom stereocenters. The number of ether oxygens (including phenoxy) is 1. The molecule has 1 aromatic carbocycles. The highest BCUT2D eigenvalue weighted by atomic mass is 19.2. The van der Waals surface area contributed by atoms with Crippen molar-refractivity contribution in [3.05, 3.63) is 35.4 Å². The lowest BCUT2D eigenvalue weighted by molar-refractivity contribution is 0.156. The largest absolute Gasteiger partial charge is 0.383 e. The molecule has 1 rings (SSSR count). The summed E-state index contributed by atoms with van der Waals surface area (Å²) in [6.07, 6.45) is 0. The molecule has 0 aliphatic heterocycles. The van der Waals surface area contributed by atoms with E-state index >= 15 is 0 Å². The van der Waals surface area contributed by atoms with Gasteiger partial charge in [0.1, 0.15) is 0 Å². The molecular weight excluding hydrogens is 238 g/mol. The Balaban J connectivity index is 2.74. The molecule has 18 heavy (non-hydrogen) atoms. The molecule has 0 spiro atoms. The molecule has 0 aliphatic carbocycles. The third-order valence-electron chi connectivity index (χ3n) is 2.88. The van der Waals surface area contributed by atoms with Crippen LogP contribution in [0.15, 0.2) is 18.2 Å². The lowest BCUT2D eigenvalue weighted by Gasteiger charge is -2.24. The molecule has 0 amide bonds. The third kappa shape index (κ3) is 4.01. The predicted octanol–water partition coefficient (Wildman–Crippen LogP) is 1.80. The number of methoxy groups -OCH3 is 1. The van der Waals surface area contributed by atoms with Crippen LogP contribution in [-0.4, -0.2) is 45.8 Å². The maximum atomic E-state index is 13.7. The molecule has 5 heteroatoms. The summed E-state index contributed by atoms with van der Waals surface area (Å²) in [5, 5.41) is 3.00. The van der Waals surface area contributed by atoms with Crippen LogP contribution in [0.4, 0.5) is 8.78 Å². The van der Waals surface area contributed by atoms with Crippen molar-refractivity contribution < 1.29 is 13.5 Å². The average Bonchev–Trinajstić information content (AvgIpc) is 2.37. The smallest absolute Gasteiger partial charge is 0.163 e. The van der Waals surface area contributed by atoms with Crippen LogP contribution in [0, 0.1) is 11.6 Å². The van der Waals surface area contributed by atoms with Gasteiger partial charge < -0.3 is 15.0 Å². The van der Waals surface area contributed by atoms with Crippen LogP contribution < -0.4 is 5.32 Å². The average molecular weight is 258 g/mol. The SMILES string of the molecule is CNC(CN(C)CCOC)c1cccc(F)c1F. The van der Waals surface area contributed by atoms with E-state index in [0.29, 0.717) is 18.7 Å². The highest BCUT2D eigenvalue weighted by Gasteiger charge is 2.18. The number of nitrogens with one attached hydrogen (secondary N) is 1. The number of rotatable bonds is 7. The van der Waals surface area contributed by atoms with Gasteiger partial charge in [-0.25, -0.2) is 8.78 Å². The van der Waals surface area contributed by atoms with Crippen LogP contribution >= 0.6 is 0 Å². The standard InChI is InChI=1S/C13H20F2N2O/c1-16-12(9-17(2)7-8-18-3)10-5-4-6-11(14)13(10)15/h4-6,12,16H,7-9H2,1-3H3. The maximum Gasteiger partial charge on any atom is 0.163 e.